The highest BCUT2D eigenvalue weighted by Crippen LogP contribution is 2.18. The molecule has 6 nitrogen and oxygen atoms in total. The van der Waals surface area contributed by atoms with Crippen LogP contribution in [0.1, 0.15) is 29.1 Å². The minimum Gasteiger partial charge on any atom is -0.497 e. The zero-order chi connectivity index (χ0) is 18.0. The second kappa shape index (κ2) is 6.93. The quantitative estimate of drug-likeness (QED) is 0.775. The highest BCUT2D eigenvalue weighted by atomic mass is 16.5. The van der Waals surface area contributed by atoms with Crippen molar-refractivity contribution in [1.29, 1.82) is 0 Å². The van der Waals surface area contributed by atoms with Crippen LogP contribution in [0.3, 0.4) is 0 Å². The number of fused-ring (bicyclic) bond motifs is 1. The van der Waals surface area contributed by atoms with Gasteiger partial charge < -0.3 is 10.1 Å². The third-order valence-electron chi connectivity index (χ3n) is 4.26. The Morgan fingerprint density at radius 2 is 1.92 bits per heavy atom. The molecule has 0 saturated heterocycles. The minimum absolute atomic E-state index is 0.0271. The Labute approximate surface area is 146 Å². The van der Waals surface area contributed by atoms with E-state index in [9.17, 15) is 4.79 Å². The summed E-state index contributed by atoms with van der Waals surface area (Å²) in [6, 6.07) is 9.25. The number of carbonyl (C=O) groups excluding carboxylic acids is 1. The van der Waals surface area contributed by atoms with Crippen molar-refractivity contribution in [2.75, 3.05) is 12.4 Å². The fourth-order valence-electron chi connectivity index (χ4n) is 2.94. The number of hydrogen-bond donors (Lipinski definition) is 1. The first-order chi connectivity index (χ1) is 12.0. The molecule has 0 aliphatic heterocycles. The number of nitrogens with one attached hydrogen (secondary N) is 1. The van der Waals surface area contributed by atoms with Crippen LogP contribution in [0.2, 0.25) is 0 Å². The van der Waals surface area contributed by atoms with E-state index in [4.69, 9.17) is 4.74 Å². The molecule has 130 valence electrons. The molecule has 0 aliphatic carbocycles. The molecule has 0 bridgehead atoms. The van der Waals surface area contributed by atoms with Crippen molar-refractivity contribution in [3.05, 3.63) is 53.0 Å². The van der Waals surface area contributed by atoms with Gasteiger partial charge in [-0.05, 0) is 57.0 Å². The number of carbonyl (C=O) groups is 1. The first-order valence-electron chi connectivity index (χ1n) is 8.24. The smallest absolute Gasteiger partial charge is 0.224 e. The second-order valence-corrected chi connectivity index (χ2v) is 6.09. The number of hydrogen-bond acceptors (Lipinski definition) is 4. The van der Waals surface area contributed by atoms with E-state index in [2.05, 4.69) is 15.4 Å². The van der Waals surface area contributed by atoms with Gasteiger partial charge in [-0.3, -0.25) is 4.79 Å². The van der Waals surface area contributed by atoms with Gasteiger partial charge in [0.15, 0.2) is 5.65 Å². The summed E-state index contributed by atoms with van der Waals surface area (Å²) >= 11 is 0. The Balaban J connectivity index is 1.70. The van der Waals surface area contributed by atoms with E-state index in [0.29, 0.717) is 12.8 Å². The molecular formula is C19H22N4O2. The number of rotatable bonds is 5. The number of nitrogens with zero attached hydrogens (tertiary/aromatic N) is 3. The number of anilines is 1. The molecule has 0 atom stereocenters. The van der Waals surface area contributed by atoms with Gasteiger partial charge in [0.2, 0.25) is 5.91 Å². The number of amides is 1. The van der Waals surface area contributed by atoms with Crippen LogP contribution in [0, 0.1) is 20.8 Å². The van der Waals surface area contributed by atoms with Gasteiger partial charge >= 0.3 is 0 Å². The van der Waals surface area contributed by atoms with Crippen molar-refractivity contribution in [2.24, 2.45) is 0 Å². The minimum atomic E-state index is -0.0271. The summed E-state index contributed by atoms with van der Waals surface area (Å²) in [4.78, 5) is 16.8. The molecule has 3 rings (SSSR count). The molecule has 0 fully saturated rings. The molecule has 6 heteroatoms. The van der Waals surface area contributed by atoms with E-state index < -0.39 is 0 Å². The molecule has 0 radical (unpaired) electrons. The van der Waals surface area contributed by atoms with Crippen LogP contribution in [-0.4, -0.2) is 27.6 Å². The standard InChI is InChI=1S/C19H22N4O2/c1-12-11-18-20-13(2)17(14(3)23(18)22-12)9-10-19(24)21-15-5-7-16(25-4)8-6-15/h5-8,11H,9-10H2,1-4H3,(H,21,24). The summed E-state index contributed by atoms with van der Waals surface area (Å²) in [7, 11) is 1.62. The van der Waals surface area contributed by atoms with Crippen molar-refractivity contribution < 1.29 is 9.53 Å². The maximum atomic E-state index is 12.2. The van der Waals surface area contributed by atoms with Gasteiger partial charge in [-0.2, -0.15) is 5.10 Å². The lowest BCUT2D eigenvalue weighted by molar-refractivity contribution is -0.116. The first kappa shape index (κ1) is 17.0. The molecule has 2 heterocycles. The van der Waals surface area contributed by atoms with Gasteiger partial charge in [0.25, 0.3) is 0 Å². The van der Waals surface area contributed by atoms with Crippen LogP contribution in [0.15, 0.2) is 30.3 Å². The average molecular weight is 338 g/mol. The van der Waals surface area contributed by atoms with Gasteiger partial charge in [0.1, 0.15) is 5.75 Å². The topological polar surface area (TPSA) is 68.5 Å². The Hall–Kier alpha value is -2.89. The summed E-state index contributed by atoms with van der Waals surface area (Å²) in [6.45, 7) is 5.95. The van der Waals surface area contributed by atoms with E-state index in [1.807, 2.05) is 55.6 Å². The number of aryl methyl sites for hydroxylation is 3. The molecule has 3 aromatic rings. The lowest BCUT2D eigenvalue weighted by Crippen LogP contribution is -2.14. The molecule has 0 saturated carbocycles. The van der Waals surface area contributed by atoms with Gasteiger partial charge in [-0.15, -0.1) is 0 Å². The van der Waals surface area contributed by atoms with Gasteiger partial charge in [-0.1, -0.05) is 0 Å². The van der Waals surface area contributed by atoms with E-state index in [1.54, 1.807) is 7.11 Å². The zero-order valence-electron chi connectivity index (χ0n) is 15.0. The molecule has 0 spiro atoms. The van der Waals surface area contributed by atoms with Gasteiger partial charge in [0, 0.05) is 29.6 Å². The summed E-state index contributed by atoms with van der Waals surface area (Å²) in [5.41, 5.74) is 5.59. The van der Waals surface area contributed by atoms with Crippen LogP contribution in [0.5, 0.6) is 5.75 Å². The van der Waals surface area contributed by atoms with Gasteiger partial charge in [0.05, 0.1) is 12.8 Å². The van der Waals surface area contributed by atoms with Crippen molar-refractivity contribution in [2.45, 2.75) is 33.6 Å². The van der Waals surface area contributed by atoms with Crippen molar-refractivity contribution in [1.82, 2.24) is 14.6 Å². The summed E-state index contributed by atoms with van der Waals surface area (Å²) in [5.74, 6) is 0.735. The van der Waals surface area contributed by atoms with Crippen molar-refractivity contribution in [3.8, 4) is 5.75 Å². The first-order valence-corrected chi connectivity index (χ1v) is 8.24. The van der Waals surface area contributed by atoms with Crippen molar-refractivity contribution >= 4 is 17.2 Å². The molecule has 2 aromatic heterocycles. The fourth-order valence-corrected chi connectivity index (χ4v) is 2.94. The van der Waals surface area contributed by atoms with Crippen LogP contribution in [-0.2, 0) is 11.2 Å². The number of methoxy groups -OCH3 is 1. The van der Waals surface area contributed by atoms with E-state index >= 15 is 0 Å². The third kappa shape index (κ3) is 3.63. The summed E-state index contributed by atoms with van der Waals surface area (Å²) in [5, 5.41) is 7.37. The molecule has 0 unspecified atom stereocenters. The molecule has 1 amide bonds. The highest BCUT2D eigenvalue weighted by Gasteiger charge is 2.13. The SMILES string of the molecule is COc1ccc(NC(=O)CCc2c(C)nc3cc(C)nn3c2C)cc1. The molecular weight excluding hydrogens is 316 g/mol. The highest BCUT2D eigenvalue weighted by molar-refractivity contribution is 5.90. The largest absolute Gasteiger partial charge is 0.497 e. The van der Waals surface area contributed by atoms with E-state index in [0.717, 1.165) is 39.7 Å². The Morgan fingerprint density at radius 1 is 1.20 bits per heavy atom. The maximum absolute atomic E-state index is 12.2. The summed E-state index contributed by atoms with van der Waals surface area (Å²) < 4.78 is 6.96. The Kier molecular flexibility index (Phi) is 4.70. The average Bonchev–Trinajstić information content (AvgIpc) is 2.96. The maximum Gasteiger partial charge on any atom is 0.224 e. The van der Waals surface area contributed by atoms with Crippen LogP contribution in [0.4, 0.5) is 5.69 Å². The Bertz CT molecular complexity index is 913. The fraction of sp³-hybridized carbons (Fsp3) is 0.316. The van der Waals surface area contributed by atoms with Crippen molar-refractivity contribution in [3.63, 3.8) is 0 Å². The predicted octanol–water partition coefficient (Wildman–Crippen LogP) is 3.23. The number of aromatic nitrogens is 3. The molecule has 1 N–H and O–H groups in total. The number of ether oxygens (including phenoxy) is 1. The third-order valence-corrected chi connectivity index (χ3v) is 4.26. The zero-order valence-corrected chi connectivity index (χ0v) is 15.0. The normalized spacial score (nSPS) is 10.9. The van der Waals surface area contributed by atoms with E-state index in [1.165, 1.54) is 0 Å². The monoisotopic (exact) mass is 338 g/mol. The predicted molar refractivity (Wildman–Crippen MR) is 97.1 cm³/mol. The Morgan fingerprint density at radius 3 is 2.60 bits per heavy atom. The van der Waals surface area contributed by atoms with Gasteiger partial charge in [-0.25, -0.2) is 9.50 Å². The number of benzene rings is 1. The molecule has 0 aliphatic rings. The molecule has 25 heavy (non-hydrogen) atoms. The second-order valence-electron chi connectivity index (χ2n) is 6.09. The summed E-state index contributed by atoms with van der Waals surface area (Å²) in [6.07, 6.45) is 1.02. The van der Waals surface area contributed by atoms with E-state index in [-0.39, 0.29) is 5.91 Å². The molecule has 1 aromatic carbocycles. The lowest BCUT2D eigenvalue weighted by atomic mass is 10.1. The van der Waals surface area contributed by atoms with Crippen LogP contribution >= 0.6 is 0 Å². The van der Waals surface area contributed by atoms with Crippen LogP contribution in [0.25, 0.3) is 5.65 Å². The van der Waals surface area contributed by atoms with Crippen LogP contribution < -0.4 is 10.1 Å². The lowest BCUT2D eigenvalue weighted by Gasteiger charge is -2.11.